The first-order chi connectivity index (χ1) is 8.72. The van der Waals surface area contributed by atoms with E-state index in [2.05, 4.69) is 35.6 Å². The Morgan fingerprint density at radius 2 is 2.39 bits per heavy atom. The van der Waals surface area contributed by atoms with Gasteiger partial charge < -0.3 is 9.88 Å². The molecule has 0 bridgehead atoms. The van der Waals surface area contributed by atoms with Gasteiger partial charge in [0.25, 0.3) is 0 Å². The Morgan fingerprint density at radius 1 is 1.56 bits per heavy atom. The first-order valence-electron chi connectivity index (χ1n) is 7.08. The standard InChI is InChI=1S/C14H25N3S/c1-4-18-9-12(3)17-10-15-8-14(17)13-7-5-6-11(2)16-13/h8,10-13,16H,4-7,9H2,1-3H3. The molecule has 1 aliphatic rings. The summed E-state index contributed by atoms with van der Waals surface area (Å²) in [5, 5.41) is 3.70. The van der Waals surface area contributed by atoms with Crippen molar-refractivity contribution < 1.29 is 0 Å². The molecule has 0 spiro atoms. The number of rotatable bonds is 5. The van der Waals surface area contributed by atoms with Gasteiger partial charge in [0, 0.05) is 30.1 Å². The molecule has 18 heavy (non-hydrogen) atoms. The third kappa shape index (κ3) is 3.29. The van der Waals surface area contributed by atoms with Crippen molar-refractivity contribution in [1.82, 2.24) is 14.9 Å². The molecule has 3 atom stereocenters. The normalized spacial score (nSPS) is 26.2. The van der Waals surface area contributed by atoms with Crippen LogP contribution in [0.1, 0.15) is 57.8 Å². The fraction of sp³-hybridized carbons (Fsp3) is 0.786. The van der Waals surface area contributed by atoms with Crippen molar-refractivity contribution in [3.05, 3.63) is 18.2 Å². The molecule has 1 aromatic heterocycles. The molecule has 1 aliphatic heterocycles. The highest BCUT2D eigenvalue weighted by Gasteiger charge is 2.23. The molecule has 1 N–H and O–H groups in total. The number of nitrogens with one attached hydrogen (secondary N) is 1. The van der Waals surface area contributed by atoms with E-state index < -0.39 is 0 Å². The van der Waals surface area contributed by atoms with Crippen molar-refractivity contribution in [2.24, 2.45) is 0 Å². The zero-order valence-corrected chi connectivity index (χ0v) is 12.5. The monoisotopic (exact) mass is 267 g/mol. The van der Waals surface area contributed by atoms with Gasteiger partial charge in [0.2, 0.25) is 0 Å². The average molecular weight is 267 g/mol. The maximum atomic E-state index is 4.37. The molecule has 0 radical (unpaired) electrons. The summed E-state index contributed by atoms with van der Waals surface area (Å²) in [6.07, 6.45) is 7.90. The molecule has 3 nitrogen and oxygen atoms in total. The van der Waals surface area contributed by atoms with Gasteiger partial charge in [-0.25, -0.2) is 4.98 Å². The van der Waals surface area contributed by atoms with Gasteiger partial charge in [-0.15, -0.1) is 0 Å². The molecule has 0 amide bonds. The van der Waals surface area contributed by atoms with Gasteiger partial charge in [0.05, 0.1) is 12.0 Å². The second kappa shape index (κ2) is 6.62. The van der Waals surface area contributed by atoms with Crippen molar-refractivity contribution in [2.75, 3.05) is 11.5 Å². The third-order valence-electron chi connectivity index (χ3n) is 3.71. The van der Waals surface area contributed by atoms with Crippen LogP contribution in [0.15, 0.2) is 12.5 Å². The van der Waals surface area contributed by atoms with Gasteiger partial charge in [-0.1, -0.05) is 6.92 Å². The van der Waals surface area contributed by atoms with Crippen LogP contribution in [0.25, 0.3) is 0 Å². The zero-order chi connectivity index (χ0) is 13.0. The molecule has 2 rings (SSSR count). The largest absolute Gasteiger partial charge is 0.330 e. The Hall–Kier alpha value is -0.480. The third-order valence-corrected chi connectivity index (χ3v) is 4.83. The topological polar surface area (TPSA) is 29.9 Å². The minimum Gasteiger partial charge on any atom is -0.330 e. The van der Waals surface area contributed by atoms with Gasteiger partial charge in [-0.05, 0) is 38.9 Å². The highest BCUT2D eigenvalue weighted by Crippen LogP contribution is 2.27. The fourth-order valence-electron chi connectivity index (χ4n) is 2.69. The van der Waals surface area contributed by atoms with E-state index >= 15 is 0 Å². The lowest BCUT2D eigenvalue weighted by molar-refractivity contribution is 0.326. The van der Waals surface area contributed by atoms with Crippen molar-refractivity contribution in [1.29, 1.82) is 0 Å². The highest BCUT2D eigenvalue weighted by atomic mass is 32.2. The number of piperidine rings is 1. The number of hydrogen-bond donors (Lipinski definition) is 1. The van der Waals surface area contributed by atoms with E-state index in [1.54, 1.807) is 0 Å². The molecular formula is C14H25N3S. The van der Waals surface area contributed by atoms with E-state index in [4.69, 9.17) is 0 Å². The quantitative estimate of drug-likeness (QED) is 0.887. The molecule has 0 aliphatic carbocycles. The van der Waals surface area contributed by atoms with E-state index in [1.807, 2.05) is 24.3 Å². The molecule has 1 aromatic rings. The number of hydrogen-bond acceptors (Lipinski definition) is 3. The lowest BCUT2D eigenvalue weighted by atomic mass is 9.97. The summed E-state index contributed by atoms with van der Waals surface area (Å²) >= 11 is 2.00. The summed E-state index contributed by atoms with van der Waals surface area (Å²) in [6, 6.07) is 1.66. The van der Waals surface area contributed by atoms with Gasteiger partial charge in [-0.2, -0.15) is 11.8 Å². The highest BCUT2D eigenvalue weighted by molar-refractivity contribution is 7.99. The summed E-state index contributed by atoms with van der Waals surface area (Å²) in [4.78, 5) is 4.37. The molecule has 102 valence electrons. The Labute approximate surface area is 115 Å². The van der Waals surface area contributed by atoms with E-state index in [0.29, 0.717) is 18.1 Å². The minimum atomic E-state index is 0.491. The Kier molecular flexibility index (Phi) is 5.13. The maximum Gasteiger partial charge on any atom is 0.0951 e. The minimum absolute atomic E-state index is 0.491. The van der Waals surface area contributed by atoms with Crippen LogP contribution < -0.4 is 5.32 Å². The molecule has 0 saturated carbocycles. The van der Waals surface area contributed by atoms with Crippen LogP contribution in [0, 0.1) is 0 Å². The predicted octanol–water partition coefficient (Wildman–Crippen LogP) is 3.40. The number of thioether (sulfide) groups is 1. The first kappa shape index (κ1) is 13.9. The summed E-state index contributed by atoms with van der Waals surface area (Å²) in [6.45, 7) is 6.79. The van der Waals surface area contributed by atoms with Crippen LogP contribution in [-0.4, -0.2) is 27.1 Å². The molecule has 1 fully saturated rings. The smallest absolute Gasteiger partial charge is 0.0951 e. The van der Waals surface area contributed by atoms with Crippen molar-refractivity contribution in [3.8, 4) is 0 Å². The van der Waals surface area contributed by atoms with Crippen LogP contribution in [-0.2, 0) is 0 Å². The van der Waals surface area contributed by atoms with Crippen LogP contribution in [0.4, 0.5) is 0 Å². The van der Waals surface area contributed by atoms with E-state index in [1.165, 1.54) is 36.5 Å². The SMILES string of the molecule is CCSCC(C)n1cncc1C1CCCC(C)N1. The molecular weight excluding hydrogens is 242 g/mol. The second-order valence-electron chi connectivity index (χ2n) is 5.29. The molecule has 0 aromatic carbocycles. The Morgan fingerprint density at radius 3 is 3.11 bits per heavy atom. The fourth-order valence-corrected chi connectivity index (χ4v) is 3.43. The van der Waals surface area contributed by atoms with Crippen LogP contribution in [0.5, 0.6) is 0 Å². The van der Waals surface area contributed by atoms with Crippen LogP contribution >= 0.6 is 11.8 Å². The van der Waals surface area contributed by atoms with Crippen LogP contribution in [0.2, 0.25) is 0 Å². The second-order valence-corrected chi connectivity index (χ2v) is 6.60. The Bertz CT molecular complexity index is 364. The zero-order valence-electron chi connectivity index (χ0n) is 11.7. The van der Waals surface area contributed by atoms with Gasteiger partial charge in [0.1, 0.15) is 0 Å². The summed E-state index contributed by atoms with van der Waals surface area (Å²) in [7, 11) is 0. The van der Waals surface area contributed by atoms with Crippen molar-refractivity contribution >= 4 is 11.8 Å². The molecule has 1 saturated heterocycles. The first-order valence-corrected chi connectivity index (χ1v) is 8.23. The summed E-state index contributed by atoms with van der Waals surface area (Å²) in [5.41, 5.74) is 1.37. The van der Waals surface area contributed by atoms with E-state index in [-0.39, 0.29) is 0 Å². The summed E-state index contributed by atoms with van der Waals surface area (Å²) in [5.74, 6) is 2.36. The average Bonchev–Trinajstić information content (AvgIpc) is 2.85. The lowest BCUT2D eigenvalue weighted by Gasteiger charge is -2.30. The van der Waals surface area contributed by atoms with E-state index in [0.717, 1.165) is 0 Å². The van der Waals surface area contributed by atoms with Crippen molar-refractivity contribution in [2.45, 2.75) is 58.2 Å². The summed E-state index contributed by atoms with van der Waals surface area (Å²) < 4.78 is 2.36. The van der Waals surface area contributed by atoms with E-state index in [9.17, 15) is 0 Å². The number of imidazole rings is 1. The number of nitrogens with zero attached hydrogens (tertiary/aromatic N) is 2. The maximum absolute atomic E-state index is 4.37. The Balaban J connectivity index is 2.06. The van der Waals surface area contributed by atoms with Gasteiger partial charge >= 0.3 is 0 Å². The van der Waals surface area contributed by atoms with Gasteiger partial charge in [0.15, 0.2) is 0 Å². The molecule has 2 heterocycles. The van der Waals surface area contributed by atoms with Gasteiger partial charge in [-0.3, -0.25) is 0 Å². The number of aromatic nitrogens is 2. The molecule has 3 unspecified atom stereocenters. The lowest BCUT2D eigenvalue weighted by Crippen LogP contribution is -2.36. The van der Waals surface area contributed by atoms with Crippen molar-refractivity contribution in [3.63, 3.8) is 0 Å². The molecule has 4 heteroatoms. The predicted molar refractivity (Wildman–Crippen MR) is 79.1 cm³/mol. The van der Waals surface area contributed by atoms with Crippen LogP contribution in [0.3, 0.4) is 0 Å².